The van der Waals surface area contributed by atoms with Crippen LogP contribution in [0.15, 0.2) is 12.1 Å². The van der Waals surface area contributed by atoms with Gasteiger partial charge in [0, 0.05) is 15.8 Å². The molecule has 1 fully saturated rings. The van der Waals surface area contributed by atoms with Crippen molar-refractivity contribution in [2.45, 2.75) is 25.8 Å². The smallest absolute Gasteiger partial charge is 0.0415 e. The van der Waals surface area contributed by atoms with Crippen molar-refractivity contribution in [1.29, 1.82) is 0 Å². The van der Waals surface area contributed by atoms with E-state index < -0.39 is 0 Å². The molecule has 1 saturated heterocycles. The summed E-state index contributed by atoms with van der Waals surface area (Å²) in [4.78, 5) is 2.94. The summed E-state index contributed by atoms with van der Waals surface area (Å²) in [5, 5.41) is 3.50. The standard InChI is InChI=1S/C9H13NS/c1-7-4-5-9(11-7)8-3-2-6-10-8/h4-5,8,10H,2-3,6H2,1H3/t8-/m0/s1. The van der Waals surface area contributed by atoms with E-state index in [1.807, 2.05) is 11.3 Å². The van der Waals surface area contributed by atoms with Gasteiger partial charge in [-0.15, -0.1) is 11.3 Å². The molecule has 0 aliphatic carbocycles. The first-order valence-corrected chi connectivity index (χ1v) is 4.97. The molecule has 60 valence electrons. The SMILES string of the molecule is Cc1ccc([C@@H]2CCCN2)s1. The van der Waals surface area contributed by atoms with E-state index in [-0.39, 0.29) is 0 Å². The van der Waals surface area contributed by atoms with E-state index in [2.05, 4.69) is 24.4 Å². The summed E-state index contributed by atoms with van der Waals surface area (Å²) in [7, 11) is 0. The molecule has 1 aliphatic heterocycles. The summed E-state index contributed by atoms with van der Waals surface area (Å²) in [5.74, 6) is 0. The fourth-order valence-corrected chi connectivity index (χ4v) is 2.56. The minimum absolute atomic E-state index is 0.661. The van der Waals surface area contributed by atoms with Gasteiger partial charge >= 0.3 is 0 Å². The average molecular weight is 167 g/mol. The van der Waals surface area contributed by atoms with Crippen LogP contribution >= 0.6 is 11.3 Å². The molecule has 1 nitrogen and oxygen atoms in total. The average Bonchev–Trinajstić information content (AvgIpc) is 2.55. The molecule has 1 atom stereocenters. The molecule has 1 aromatic rings. The van der Waals surface area contributed by atoms with Crippen LogP contribution in [0.5, 0.6) is 0 Å². The summed E-state index contributed by atoms with van der Waals surface area (Å²) >= 11 is 1.92. The van der Waals surface area contributed by atoms with Crippen molar-refractivity contribution in [1.82, 2.24) is 5.32 Å². The third-order valence-corrected chi connectivity index (χ3v) is 3.28. The Morgan fingerprint density at radius 1 is 1.55 bits per heavy atom. The van der Waals surface area contributed by atoms with Gasteiger partial charge in [0.05, 0.1) is 0 Å². The second-order valence-electron chi connectivity index (χ2n) is 3.10. The number of rotatable bonds is 1. The lowest BCUT2D eigenvalue weighted by atomic mass is 10.2. The van der Waals surface area contributed by atoms with Crippen molar-refractivity contribution in [2.24, 2.45) is 0 Å². The minimum atomic E-state index is 0.661. The van der Waals surface area contributed by atoms with E-state index in [0.717, 1.165) is 0 Å². The fraction of sp³-hybridized carbons (Fsp3) is 0.556. The molecule has 0 unspecified atom stereocenters. The summed E-state index contributed by atoms with van der Waals surface area (Å²) < 4.78 is 0. The van der Waals surface area contributed by atoms with Gasteiger partial charge in [-0.3, -0.25) is 0 Å². The highest BCUT2D eigenvalue weighted by Crippen LogP contribution is 2.28. The van der Waals surface area contributed by atoms with Gasteiger partial charge in [0.1, 0.15) is 0 Å². The Bertz CT molecular complexity index is 235. The predicted molar refractivity (Wildman–Crippen MR) is 49.0 cm³/mol. The van der Waals surface area contributed by atoms with Crippen LogP contribution in [0, 0.1) is 6.92 Å². The Morgan fingerprint density at radius 3 is 3.00 bits per heavy atom. The predicted octanol–water partition coefficient (Wildman–Crippen LogP) is 2.48. The molecular weight excluding hydrogens is 154 g/mol. The number of nitrogens with one attached hydrogen (secondary N) is 1. The number of thiophene rings is 1. The number of hydrogen-bond donors (Lipinski definition) is 1. The molecule has 1 aliphatic rings. The van der Waals surface area contributed by atoms with Gasteiger partial charge in [-0.05, 0) is 38.4 Å². The van der Waals surface area contributed by atoms with Crippen LogP contribution in [0.1, 0.15) is 28.6 Å². The Kier molecular flexibility index (Phi) is 1.96. The first kappa shape index (κ1) is 7.32. The molecule has 0 saturated carbocycles. The highest BCUT2D eigenvalue weighted by Gasteiger charge is 2.16. The van der Waals surface area contributed by atoms with Crippen LogP contribution in [0.3, 0.4) is 0 Å². The van der Waals surface area contributed by atoms with Crippen LogP contribution in [0.25, 0.3) is 0 Å². The van der Waals surface area contributed by atoms with E-state index >= 15 is 0 Å². The van der Waals surface area contributed by atoms with Crippen LogP contribution in [0.4, 0.5) is 0 Å². The molecule has 0 aromatic carbocycles. The van der Waals surface area contributed by atoms with Gasteiger partial charge < -0.3 is 5.32 Å². The summed E-state index contributed by atoms with van der Waals surface area (Å²) in [6.45, 7) is 3.37. The van der Waals surface area contributed by atoms with E-state index in [1.165, 1.54) is 29.1 Å². The van der Waals surface area contributed by atoms with Crippen molar-refractivity contribution < 1.29 is 0 Å². The summed E-state index contributed by atoms with van der Waals surface area (Å²) in [6, 6.07) is 5.12. The van der Waals surface area contributed by atoms with Gasteiger partial charge in [0.25, 0.3) is 0 Å². The lowest BCUT2D eigenvalue weighted by Crippen LogP contribution is -2.11. The maximum Gasteiger partial charge on any atom is 0.0415 e. The maximum atomic E-state index is 3.50. The van der Waals surface area contributed by atoms with E-state index in [0.29, 0.717) is 6.04 Å². The van der Waals surface area contributed by atoms with Gasteiger partial charge in [-0.25, -0.2) is 0 Å². The Hall–Kier alpha value is -0.340. The summed E-state index contributed by atoms with van der Waals surface area (Å²) in [5.41, 5.74) is 0. The zero-order chi connectivity index (χ0) is 7.68. The first-order valence-electron chi connectivity index (χ1n) is 4.16. The van der Waals surface area contributed by atoms with Crippen molar-refractivity contribution in [3.63, 3.8) is 0 Å². The van der Waals surface area contributed by atoms with Gasteiger partial charge in [0.15, 0.2) is 0 Å². The molecule has 1 N–H and O–H groups in total. The molecule has 1 aromatic heterocycles. The molecular formula is C9H13NS. The second kappa shape index (κ2) is 2.95. The third-order valence-electron chi connectivity index (χ3n) is 2.16. The van der Waals surface area contributed by atoms with E-state index in [1.54, 1.807) is 0 Å². The molecule has 2 heterocycles. The highest BCUT2D eigenvalue weighted by molar-refractivity contribution is 7.12. The normalized spacial score (nSPS) is 24.3. The van der Waals surface area contributed by atoms with Crippen molar-refractivity contribution in [3.8, 4) is 0 Å². The molecule has 0 spiro atoms. The first-order chi connectivity index (χ1) is 5.36. The quantitative estimate of drug-likeness (QED) is 0.677. The van der Waals surface area contributed by atoms with E-state index in [4.69, 9.17) is 0 Å². The third kappa shape index (κ3) is 1.47. The largest absolute Gasteiger partial charge is 0.309 e. The molecule has 0 radical (unpaired) electrons. The lowest BCUT2D eigenvalue weighted by molar-refractivity contribution is 0.660. The van der Waals surface area contributed by atoms with E-state index in [9.17, 15) is 0 Å². The van der Waals surface area contributed by atoms with Crippen LogP contribution in [-0.2, 0) is 0 Å². The second-order valence-corrected chi connectivity index (χ2v) is 4.42. The monoisotopic (exact) mass is 167 g/mol. The van der Waals surface area contributed by atoms with Crippen LogP contribution in [0.2, 0.25) is 0 Å². The van der Waals surface area contributed by atoms with Gasteiger partial charge in [0.2, 0.25) is 0 Å². The summed E-state index contributed by atoms with van der Waals surface area (Å²) in [6.07, 6.45) is 2.65. The topological polar surface area (TPSA) is 12.0 Å². The van der Waals surface area contributed by atoms with Crippen molar-refractivity contribution in [3.05, 3.63) is 21.9 Å². The zero-order valence-electron chi connectivity index (χ0n) is 6.76. The Morgan fingerprint density at radius 2 is 2.45 bits per heavy atom. The molecule has 0 amide bonds. The molecule has 2 heteroatoms. The highest BCUT2D eigenvalue weighted by atomic mass is 32.1. The van der Waals surface area contributed by atoms with Crippen molar-refractivity contribution in [2.75, 3.05) is 6.54 Å². The molecule has 0 bridgehead atoms. The Balaban J connectivity index is 2.15. The lowest BCUT2D eigenvalue weighted by Gasteiger charge is -2.05. The molecule has 2 rings (SSSR count). The number of aryl methyl sites for hydroxylation is 1. The fourth-order valence-electron chi connectivity index (χ4n) is 1.57. The van der Waals surface area contributed by atoms with Crippen LogP contribution < -0.4 is 5.32 Å². The minimum Gasteiger partial charge on any atom is -0.309 e. The van der Waals surface area contributed by atoms with Crippen molar-refractivity contribution >= 4 is 11.3 Å². The van der Waals surface area contributed by atoms with Gasteiger partial charge in [-0.2, -0.15) is 0 Å². The molecule has 11 heavy (non-hydrogen) atoms. The van der Waals surface area contributed by atoms with Gasteiger partial charge in [-0.1, -0.05) is 0 Å². The zero-order valence-corrected chi connectivity index (χ0v) is 7.58. The number of hydrogen-bond acceptors (Lipinski definition) is 2. The van der Waals surface area contributed by atoms with Crippen LogP contribution in [-0.4, -0.2) is 6.54 Å². The maximum absolute atomic E-state index is 3.50. The Labute approximate surface area is 71.4 Å².